The highest BCUT2D eigenvalue weighted by molar-refractivity contribution is 5.84. The Morgan fingerprint density at radius 3 is 2.85 bits per heavy atom. The smallest absolute Gasteiger partial charge is 0.248 e. The molecular formula is C22H22N2O2. The third-order valence-electron chi connectivity index (χ3n) is 5.44. The quantitative estimate of drug-likeness (QED) is 0.640. The second-order valence-corrected chi connectivity index (χ2v) is 7.14. The van der Waals surface area contributed by atoms with Crippen molar-refractivity contribution in [2.75, 3.05) is 0 Å². The van der Waals surface area contributed by atoms with Crippen LogP contribution in [0.3, 0.4) is 0 Å². The van der Waals surface area contributed by atoms with E-state index < -0.39 is 5.54 Å². The lowest BCUT2D eigenvalue weighted by Gasteiger charge is -2.45. The predicted molar refractivity (Wildman–Crippen MR) is 104 cm³/mol. The van der Waals surface area contributed by atoms with Crippen molar-refractivity contribution in [2.24, 2.45) is 10.9 Å². The number of pyridine rings is 1. The number of benzene rings is 1. The van der Waals surface area contributed by atoms with Crippen molar-refractivity contribution in [1.82, 2.24) is 4.98 Å². The van der Waals surface area contributed by atoms with Crippen LogP contribution in [0.5, 0.6) is 5.75 Å². The van der Waals surface area contributed by atoms with Gasteiger partial charge in [0.15, 0.2) is 0 Å². The highest BCUT2D eigenvalue weighted by Crippen LogP contribution is 2.51. The molecule has 2 N–H and O–H groups in total. The first kappa shape index (κ1) is 16.6. The standard InChI is InChI=1S/C22H22N2O2/c1-3-17-16-10-14(2)12-22(17,18-8-9-21(26)24-19(18)11-16)23-13-15-6-4-5-7-20(15)25/h3-10,13,16,25H,11-12H2,1-2H3,(H,24,26)/b17-3-,23-13?/t16?,22-/m1/s1. The van der Waals surface area contributed by atoms with E-state index in [-0.39, 0.29) is 17.2 Å². The Kier molecular flexibility index (Phi) is 3.91. The Balaban J connectivity index is 1.94. The van der Waals surface area contributed by atoms with Gasteiger partial charge in [-0.15, -0.1) is 0 Å². The Morgan fingerprint density at radius 1 is 1.27 bits per heavy atom. The van der Waals surface area contributed by atoms with Crippen LogP contribution in [0.15, 0.2) is 69.5 Å². The number of H-pyrrole nitrogens is 1. The zero-order valence-electron chi connectivity index (χ0n) is 15.0. The van der Waals surface area contributed by atoms with Gasteiger partial charge in [-0.1, -0.05) is 29.9 Å². The molecule has 4 heteroatoms. The predicted octanol–water partition coefficient (Wildman–Crippen LogP) is 3.86. The van der Waals surface area contributed by atoms with Gasteiger partial charge >= 0.3 is 0 Å². The van der Waals surface area contributed by atoms with E-state index in [4.69, 9.17) is 4.99 Å². The molecule has 4 rings (SSSR count). The molecular weight excluding hydrogens is 324 g/mol. The fraction of sp³-hybridized carbons (Fsp3) is 0.273. The summed E-state index contributed by atoms with van der Waals surface area (Å²) in [5, 5.41) is 10.1. The number of allylic oxidation sites excluding steroid dienone is 2. The average Bonchev–Trinajstić information content (AvgIpc) is 2.60. The maximum absolute atomic E-state index is 11.8. The molecule has 0 radical (unpaired) electrons. The topological polar surface area (TPSA) is 65.5 Å². The number of hydrogen-bond donors (Lipinski definition) is 2. The molecule has 4 nitrogen and oxygen atoms in total. The number of hydrogen-bond acceptors (Lipinski definition) is 3. The zero-order valence-corrected chi connectivity index (χ0v) is 15.0. The summed E-state index contributed by atoms with van der Waals surface area (Å²) in [6, 6.07) is 10.7. The molecule has 1 heterocycles. The number of fused-ring (bicyclic) bond motifs is 4. The number of para-hydroxylation sites is 1. The molecule has 2 aliphatic carbocycles. The van der Waals surface area contributed by atoms with Crippen LogP contribution in [0.1, 0.15) is 37.1 Å². The monoisotopic (exact) mass is 346 g/mol. The van der Waals surface area contributed by atoms with Gasteiger partial charge < -0.3 is 10.1 Å². The highest BCUT2D eigenvalue weighted by atomic mass is 16.3. The lowest BCUT2D eigenvalue weighted by Crippen LogP contribution is -2.40. The maximum atomic E-state index is 11.8. The molecule has 1 aromatic heterocycles. The molecule has 26 heavy (non-hydrogen) atoms. The van der Waals surface area contributed by atoms with Crippen molar-refractivity contribution in [3.63, 3.8) is 0 Å². The van der Waals surface area contributed by atoms with E-state index in [9.17, 15) is 9.90 Å². The van der Waals surface area contributed by atoms with Gasteiger partial charge in [0.2, 0.25) is 5.56 Å². The number of nitrogens with zero attached hydrogens (tertiary/aromatic N) is 1. The first-order chi connectivity index (χ1) is 12.5. The molecule has 0 saturated heterocycles. The van der Waals surface area contributed by atoms with Crippen molar-refractivity contribution in [1.29, 1.82) is 0 Å². The van der Waals surface area contributed by atoms with Gasteiger partial charge in [0.1, 0.15) is 11.3 Å². The number of nitrogens with one attached hydrogen (secondary N) is 1. The van der Waals surface area contributed by atoms with Crippen LogP contribution in [0.4, 0.5) is 0 Å². The molecule has 0 spiro atoms. The van der Waals surface area contributed by atoms with Crippen molar-refractivity contribution in [2.45, 2.75) is 32.2 Å². The molecule has 0 amide bonds. The zero-order chi connectivity index (χ0) is 18.3. The van der Waals surface area contributed by atoms with Crippen molar-refractivity contribution < 1.29 is 5.11 Å². The van der Waals surface area contributed by atoms with Crippen LogP contribution in [-0.4, -0.2) is 16.3 Å². The summed E-state index contributed by atoms with van der Waals surface area (Å²) in [7, 11) is 0. The van der Waals surface area contributed by atoms with Crippen molar-refractivity contribution in [3.8, 4) is 5.75 Å². The van der Waals surface area contributed by atoms with Gasteiger partial charge in [-0.3, -0.25) is 9.79 Å². The van der Waals surface area contributed by atoms with Crippen LogP contribution in [0.25, 0.3) is 0 Å². The van der Waals surface area contributed by atoms with E-state index in [0.29, 0.717) is 5.56 Å². The number of aromatic nitrogens is 1. The average molecular weight is 346 g/mol. The Labute approximate surface area is 152 Å². The first-order valence-corrected chi connectivity index (χ1v) is 8.93. The Bertz CT molecular complexity index is 1010. The van der Waals surface area contributed by atoms with E-state index in [1.807, 2.05) is 18.2 Å². The second kappa shape index (κ2) is 6.13. The van der Waals surface area contributed by atoms with Crippen LogP contribution in [-0.2, 0) is 12.0 Å². The van der Waals surface area contributed by atoms with E-state index in [1.165, 1.54) is 11.1 Å². The lowest BCUT2D eigenvalue weighted by molar-refractivity contribution is 0.413. The Hall–Kier alpha value is -2.88. The fourth-order valence-electron chi connectivity index (χ4n) is 4.43. The number of phenols is 1. The normalized spacial score (nSPS) is 26.0. The number of rotatable bonds is 2. The SMILES string of the molecule is C/C=C1/C2C=C(C)C[C@]1(N=Cc1ccccc1O)c1ccc(=O)[nH]c1C2. The van der Waals surface area contributed by atoms with Gasteiger partial charge in [0.05, 0.1) is 0 Å². The maximum Gasteiger partial charge on any atom is 0.248 e. The van der Waals surface area contributed by atoms with Crippen molar-refractivity contribution in [3.05, 3.63) is 86.9 Å². The molecule has 2 aliphatic rings. The molecule has 132 valence electrons. The summed E-state index contributed by atoms with van der Waals surface area (Å²) < 4.78 is 0. The van der Waals surface area contributed by atoms with Crippen LogP contribution < -0.4 is 5.56 Å². The number of aliphatic imine (C=N–C) groups is 1. The van der Waals surface area contributed by atoms with Gasteiger partial charge in [-0.05, 0) is 44.0 Å². The van der Waals surface area contributed by atoms with Gasteiger partial charge in [0.25, 0.3) is 0 Å². The fourth-order valence-corrected chi connectivity index (χ4v) is 4.43. The second-order valence-electron chi connectivity index (χ2n) is 7.14. The largest absolute Gasteiger partial charge is 0.507 e. The van der Waals surface area contributed by atoms with Crippen LogP contribution in [0.2, 0.25) is 0 Å². The summed E-state index contributed by atoms with van der Waals surface area (Å²) in [5.74, 6) is 0.452. The lowest BCUT2D eigenvalue weighted by atomic mass is 9.63. The molecule has 2 bridgehead atoms. The van der Waals surface area contributed by atoms with E-state index >= 15 is 0 Å². The van der Waals surface area contributed by atoms with Gasteiger partial charge in [-0.25, -0.2) is 0 Å². The summed E-state index contributed by atoms with van der Waals surface area (Å²) >= 11 is 0. The Morgan fingerprint density at radius 2 is 2.08 bits per heavy atom. The summed E-state index contributed by atoms with van der Waals surface area (Å²) in [6.07, 6.45) is 7.76. The molecule has 0 saturated carbocycles. The van der Waals surface area contributed by atoms with E-state index in [1.54, 1.807) is 24.4 Å². The van der Waals surface area contributed by atoms with Crippen LogP contribution in [0, 0.1) is 5.92 Å². The molecule has 2 aromatic rings. The molecule has 0 fully saturated rings. The third kappa shape index (κ3) is 2.53. The summed E-state index contributed by atoms with van der Waals surface area (Å²) in [4.78, 5) is 19.9. The number of phenolic OH excluding ortho intramolecular Hbond substituents is 1. The minimum Gasteiger partial charge on any atom is -0.507 e. The molecule has 2 atom stereocenters. The summed E-state index contributed by atoms with van der Waals surface area (Å²) in [6.45, 7) is 4.19. The molecule has 1 unspecified atom stereocenters. The number of aromatic amines is 1. The van der Waals surface area contributed by atoms with E-state index in [2.05, 4.69) is 31.0 Å². The summed E-state index contributed by atoms with van der Waals surface area (Å²) in [5.41, 5.74) is 4.66. The van der Waals surface area contributed by atoms with E-state index in [0.717, 1.165) is 24.1 Å². The first-order valence-electron chi connectivity index (χ1n) is 8.93. The molecule has 1 aromatic carbocycles. The van der Waals surface area contributed by atoms with Crippen molar-refractivity contribution >= 4 is 6.21 Å². The number of aromatic hydroxyl groups is 1. The highest BCUT2D eigenvalue weighted by Gasteiger charge is 2.46. The van der Waals surface area contributed by atoms with Gasteiger partial charge in [0, 0.05) is 41.4 Å². The third-order valence-corrected chi connectivity index (χ3v) is 5.44. The van der Waals surface area contributed by atoms with Crippen LogP contribution >= 0.6 is 0 Å². The minimum atomic E-state index is -0.529. The van der Waals surface area contributed by atoms with Gasteiger partial charge in [-0.2, -0.15) is 0 Å². The molecule has 0 aliphatic heterocycles. The minimum absolute atomic E-state index is 0.0775.